The van der Waals surface area contributed by atoms with Crippen molar-refractivity contribution in [3.05, 3.63) is 35.4 Å². The van der Waals surface area contributed by atoms with Crippen LogP contribution in [0, 0.1) is 10.8 Å². The summed E-state index contributed by atoms with van der Waals surface area (Å²) in [7, 11) is 7.11. The van der Waals surface area contributed by atoms with E-state index in [1.54, 1.807) is 34.7 Å². The molecule has 180 valence electrons. The molecule has 0 fully saturated rings. The van der Waals surface area contributed by atoms with Crippen LogP contribution in [0.25, 0.3) is 0 Å². The molecule has 1 aromatic rings. The molecule has 0 aliphatic rings. The van der Waals surface area contributed by atoms with E-state index in [0.29, 0.717) is 5.56 Å². The number of rotatable bonds is 10. The molecule has 1 aromatic carbocycles. The van der Waals surface area contributed by atoms with Crippen LogP contribution in [0.15, 0.2) is 24.3 Å². The number of Topliss-reactive ketones (excluding diaryl/α,β-unsaturated/α-hetero) is 2. The van der Waals surface area contributed by atoms with Crippen LogP contribution in [0.1, 0.15) is 79.9 Å². The molecule has 0 saturated carbocycles. The quantitative estimate of drug-likeness (QED) is 0.304. The van der Waals surface area contributed by atoms with Crippen molar-refractivity contribution in [2.45, 2.75) is 79.8 Å². The number of ether oxygens (including phenoxy) is 1. The molecule has 0 aliphatic heterocycles. The van der Waals surface area contributed by atoms with Crippen LogP contribution < -0.4 is 0 Å². The zero-order chi connectivity index (χ0) is 26.0. The molecule has 0 heterocycles. The van der Waals surface area contributed by atoms with Gasteiger partial charge in [0.1, 0.15) is 16.8 Å². The first kappa shape index (κ1) is 28.6. The van der Waals surface area contributed by atoms with Gasteiger partial charge in [-0.2, -0.15) is 0 Å². The van der Waals surface area contributed by atoms with E-state index in [1.807, 2.05) is 38.1 Å². The first-order valence-electron chi connectivity index (χ1n) is 11.2. The maximum Gasteiger partial charge on any atom is 0.319 e. The molecule has 1 amide bonds. The summed E-state index contributed by atoms with van der Waals surface area (Å²) in [6.07, 6.45) is -0.0985. The minimum Gasteiger partial charge on any atom is -0.454 e. The van der Waals surface area contributed by atoms with Crippen LogP contribution in [-0.2, 0) is 34.9 Å². The third-order valence-corrected chi connectivity index (χ3v) is 6.49. The minimum absolute atomic E-state index is 0.0121. The van der Waals surface area contributed by atoms with Gasteiger partial charge in [0.15, 0.2) is 5.78 Å². The summed E-state index contributed by atoms with van der Waals surface area (Å²) in [6.45, 7) is 15.0. The molecule has 1 rings (SSSR count). The number of nitrogens with zero attached hydrogens (tertiary/aromatic N) is 1. The van der Waals surface area contributed by atoms with E-state index in [1.165, 1.54) is 25.7 Å². The Morgan fingerprint density at radius 1 is 0.909 bits per heavy atom. The second-order valence-electron chi connectivity index (χ2n) is 10.9. The Kier molecular flexibility index (Phi) is 8.51. The van der Waals surface area contributed by atoms with Crippen LogP contribution >= 0.6 is 0 Å². The van der Waals surface area contributed by atoms with Crippen LogP contribution in [0.3, 0.4) is 0 Å². The Hall–Kier alpha value is -2.44. The highest BCUT2D eigenvalue weighted by Gasteiger charge is 2.45. The largest absolute Gasteiger partial charge is 0.454 e. The van der Waals surface area contributed by atoms with Crippen LogP contribution in [-0.4, -0.2) is 49.7 Å². The second-order valence-corrected chi connectivity index (χ2v) is 10.9. The summed E-state index contributed by atoms with van der Waals surface area (Å²) in [5.41, 5.74) is -2.90. The number of benzene rings is 1. The molecule has 0 atom stereocenters. The van der Waals surface area contributed by atoms with Gasteiger partial charge in [0.25, 0.3) is 0 Å². The van der Waals surface area contributed by atoms with Crippen molar-refractivity contribution in [3.63, 3.8) is 0 Å². The van der Waals surface area contributed by atoms with E-state index >= 15 is 0 Å². The fourth-order valence-electron chi connectivity index (χ4n) is 3.57. The van der Waals surface area contributed by atoms with Gasteiger partial charge >= 0.3 is 5.97 Å². The first-order valence-corrected chi connectivity index (χ1v) is 11.2. The second kappa shape index (κ2) is 9.82. The highest BCUT2D eigenvalue weighted by molar-refractivity contribution is 6.10. The van der Waals surface area contributed by atoms with Crippen LogP contribution in [0.2, 0.25) is 0 Å². The van der Waals surface area contributed by atoms with Crippen molar-refractivity contribution in [2.75, 3.05) is 13.5 Å². The lowest BCUT2D eigenvalue weighted by Gasteiger charge is -2.36. The standard InChI is InChI=1S/C26H38BNO5/c1-17(29)24(4,5)18-13-11-12-14-19(18)26(8,9)33-22(32)25(6,7)20(30)15-23(2,3)21(31)28(10)16-27/h11-14H,15-16H2,1-10H3. The van der Waals surface area contributed by atoms with E-state index in [0.717, 1.165) is 5.56 Å². The average Bonchev–Trinajstić information content (AvgIpc) is 2.71. The van der Waals surface area contributed by atoms with Crippen molar-refractivity contribution < 1.29 is 23.9 Å². The maximum absolute atomic E-state index is 13.2. The number of amides is 1. The van der Waals surface area contributed by atoms with Gasteiger partial charge in [-0.05, 0) is 66.0 Å². The number of carbonyl (C=O) groups excluding carboxylic acids is 4. The lowest BCUT2D eigenvalue weighted by molar-refractivity contribution is -0.171. The summed E-state index contributed by atoms with van der Waals surface area (Å²) in [6, 6.07) is 7.34. The average molecular weight is 455 g/mol. The molecule has 0 aliphatic carbocycles. The van der Waals surface area contributed by atoms with E-state index in [9.17, 15) is 19.2 Å². The highest BCUT2D eigenvalue weighted by atomic mass is 16.6. The zero-order valence-electron chi connectivity index (χ0n) is 21.8. The Morgan fingerprint density at radius 2 is 1.39 bits per heavy atom. The molecule has 0 bridgehead atoms. The van der Waals surface area contributed by atoms with Crippen molar-refractivity contribution in [1.29, 1.82) is 0 Å². The summed E-state index contributed by atoms with van der Waals surface area (Å²) >= 11 is 0. The molecular formula is C26H38BNO5. The molecule has 0 spiro atoms. The monoisotopic (exact) mass is 455 g/mol. The zero-order valence-corrected chi connectivity index (χ0v) is 21.8. The number of carbonyl (C=O) groups is 4. The fraction of sp³-hybridized carbons (Fsp3) is 0.615. The van der Waals surface area contributed by atoms with Crippen LogP contribution in [0.5, 0.6) is 0 Å². The molecule has 6 nitrogen and oxygen atoms in total. The molecule has 0 N–H and O–H groups in total. The smallest absolute Gasteiger partial charge is 0.319 e. The number of ketones is 2. The summed E-state index contributed by atoms with van der Waals surface area (Å²) in [5, 5.41) is 0. The number of esters is 1. The number of hydrogen-bond donors (Lipinski definition) is 0. The lowest BCUT2D eigenvalue weighted by Crippen LogP contribution is -2.45. The van der Waals surface area contributed by atoms with Crippen molar-refractivity contribution in [1.82, 2.24) is 4.90 Å². The van der Waals surface area contributed by atoms with Crippen molar-refractivity contribution in [3.8, 4) is 0 Å². The topological polar surface area (TPSA) is 80.8 Å². The van der Waals surface area contributed by atoms with E-state index in [-0.39, 0.29) is 24.6 Å². The summed E-state index contributed by atoms with van der Waals surface area (Å²) < 4.78 is 5.88. The van der Waals surface area contributed by atoms with Gasteiger partial charge in [0.05, 0.1) is 13.3 Å². The van der Waals surface area contributed by atoms with E-state index in [4.69, 9.17) is 12.6 Å². The molecule has 33 heavy (non-hydrogen) atoms. The lowest BCUT2D eigenvalue weighted by atomic mass is 9.75. The first-order chi connectivity index (χ1) is 14.8. The van der Waals surface area contributed by atoms with Gasteiger partial charge in [-0.3, -0.25) is 19.2 Å². The molecule has 0 unspecified atom stereocenters. The predicted molar refractivity (Wildman–Crippen MR) is 130 cm³/mol. The minimum atomic E-state index is -1.47. The third kappa shape index (κ3) is 6.12. The SMILES string of the molecule is [B]CN(C)C(=O)C(C)(C)CC(=O)C(C)(C)C(=O)OC(C)(C)c1ccccc1C(C)(C)C(C)=O. The summed E-state index contributed by atoms with van der Waals surface area (Å²) in [5.74, 6) is -1.38. The molecule has 7 heteroatoms. The number of hydrogen-bond acceptors (Lipinski definition) is 5. The highest BCUT2D eigenvalue weighted by Crippen LogP contribution is 2.38. The Balaban J connectivity index is 3.21. The van der Waals surface area contributed by atoms with Gasteiger partial charge in [-0.15, -0.1) is 0 Å². The Labute approximate surface area is 199 Å². The third-order valence-electron chi connectivity index (χ3n) is 6.49. The maximum atomic E-state index is 13.2. The van der Waals surface area contributed by atoms with Crippen molar-refractivity contribution in [2.24, 2.45) is 10.8 Å². The van der Waals surface area contributed by atoms with Gasteiger partial charge in [0, 0.05) is 18.9 Å². The summed E-state index contributed by atoms with van der Waals surface area (Å²) in [4.78, 5) is 52.5. The fourth-order valence-corrected chi connectivity index (χ4v) is 3.57. The Morgan fingerprint density at radius 3 is 1.85 bits per heavy atom. The van der Waals surface area contributed by atoms with Gasteiger partial charge < -0.3 is 9.64 Å². The predicted octanol–water partition coefficient (Wildman–Crippen LogP) is 3.93. The van der Waals surface area contributed by atoms with Gasteiger partial charge in [-0.25, -0.2) is 0 Å². The Bertz CT molecular complexity index is 930. The van der Waals surface area contributed by atoms with Crippen LogP contribution in [0.4, 0.5) is 0 Å². The van der Waals surface area contributed by atoms with Gasteiger partial charge in [0.2, 0.25) is 5.91 Å². The van der Waals surface area contributed by atoms with Gasteiger partial charge in [-0.1, -0.05) is 38.1 Å². The van der Waals surface area contributed by atoms with E-state index < -0.39 is 33.6 Å². The molecule has 0 saturated heterocycles. The molecule has 0 aromatic heterocycles. The normalized spacial score (nSPS) is 12.8. The molecule has 2 radical (unpaired) electrons. The van der Waals surface area contributed by atoms with E-state index in [2.05, 4.69) is 0 Å². The molecular weight excluding hydrogens is 417 g/mol. The van der Waals surface area contributed by atoms with Crippen molar-refractivity contribution >= 4 is 31.3 Å².